The molecule has 0 radical (unpaired) electrons. The summed E-state index contributed by atoms with van der Waals surface area (Å²) in [5.74, 6) is -4.93. The summed E-state index contributed by atoms with van der Waals surface area (Å²) in [5.41, 5.74) is 6.11. The number of aromatic amines is 1. The fourth-order valence-electron chi connectivity index (χ4n) is 10.1. The minimum absolute atomic E-state index is 0.0561. The van der Waals surface area contributed by atoms with E-state index in [1.807, 2.05) is 53.7 Å². The number of aliphatic carboxylic acids is 1. The van der Waals surface area contributed by atoms with E-state index in [2.05, 4.69) is 41.6 Å². The fraction of sp³-hybridized carbons (Fsp3) is 0.328. The van der Waals surface area contributed by atoms with Crippen molar-refractivity contribution in [1.29, 1.82) is 10.5 Å². The third-order valence-corrected chi connectivity index (χ3v) is 17.6. The Balaban J connectivity index is 0.000000264. The number of esters is 2. The van der Waals surface area contributed by atoms with Gasteiger partial charge < -0.3 is 54.3 Å². The number of methoxy groups -OCH3 is 1. The van der Waals surface area contributed by atoms with Gasteiger partial charge in [-0.1, -0.05) is 22.4 Å². The van der Waals surface area contributed by atoms with Crippen molar-refractivity contribution in [2.75, 3.05) is 38.4 Å². The highest BCUT2D eigenvalue weighted by Gasteiger charge is 2.56. The Morgan fingerprint density at radius 1 is 0.786 bits per heavy atom. The molecule has 0 spiro atoms. The molecule has 9 rings (SSSR count). The highest BCUT2D eigenvalue weighted by atomic mass is 32.2. The van der Waals surface area contributed by atoms with Crippen LogP contribution in [0.3, 0.4) is 0 Å². The number of pyridine rings is 1. The predicted octanol–water partition coefficient (Wildman–Crippen LogP) is 3.45. The van der Waals surface area contributed by atoms with Gasteiger partial charge in [-0.25, -0.2) is 9.36 Å². The molecular weight excluding hydrogens is 1300 g/mol. The second-order valence-corrected chi connectivity index (χ2v) is 25.3. The van der Waals surface area contributed by atoms with Crippen LogP contribution in [0.5, 0.6) is 5.75 Å². The van der Waals surface area contributed by atoms with Crippen molar-refractivity contribution in [2.45, 2.75) is 103 Å². The number of carboxylic acids is 1. The highest BCUT2D eigenvalue weighted by Crippen LogP contribution is 2.42. The van der Waals surface area contributed by atoms with Crippen molar-refractivity contribution in [3.63, 3.8) is 0 Å². The highest BCUT2D eigenvalue weighted by molar-refractivity contribution is 8.00. The Labute approximate surface area is 572 Å². The molecule has 2 fully saturated rings. The average Bonchev–Trinajstić information content (AvgIpc) is 0.952. The van der Waals surface area contributed by atoms with Crippen LogP contribution in [0.4, 0.5) is 0 Å². The first kappa shape index (κ1) is 72.5. The third-order valence-electron chi connectivity index (χ3n) is 14.9. The van der Waals surface area contributed by atoms with E-state index in [0.717, 1.165) is 22.3 Å². The Bertz CT molecular complexity index is 4120. The van der Waals surface area contributed by atoms with Gasteiger partial charge in [0.15, 0.2) is 37.0 Å². The molecule has 510 valence electrons. The molecule has 0 saturated carbocycles. The molecule has 4 atom stereocenters. The number of nitrogens with one attached hydrogen (secondary N) is 5. The van der Waals surface area contributed by atoms with Crippen LogP contribution < -0.4 is 35.7 Å². The lowest BCUT2D eigenvalue weighted by molar-refractivity contribution is -0.689. The van der Waals surface area contributed by atoms with Crippen LogP contribution in [0.2, 0.25) is 0 Å². The zero-order valence-electron chi connectivity index (χ0n) is 54.8. The van der Waals surface area contributed by atoms with Crippen LogP contribution in [0.25, 0.3) is 17.2 Å². The van der Waals surface area contributed by atoms with Gasteiger partial charge in [0.1, 0.15) is 65.4 Å². The molecule has 6 amide bonds. The molecule has 8 heterocycles. The fourth-order valence-corrected chi connectivity index (χ4v) is 12.8. The number of hydrogen-bond acceptors (Lipinski definition) is 23. The van der Waals surface area contributed by atoms with Gasteiger partial charge in [0, 0.05) is 88.5 Å². The molecule has 0 aliphatic carbocycles. The minimum Gasteiger partial charge on any atom is -0.543 e. The smallest absolute Gasteiger partial charge is 0.355 e. The number of carbonyl (C=O) groups excluding carboxylic acids is 9. The van der Waals surface area contributed by atoms with E-state index in [4.69, 9.17) is 34.4 Å². The summed E-state index contributed by atoms with van der Waals surface area (Å²) in [5, 5.41) is 45.1. The number of carbonyl (C=O) groups is 9. The summed E-state index contributed by atoms with van der Waals surface area (Å²) < 4.78 is 18.1. The maximum Gasteiger partial charge on any atom is 0.355 e. The van der Waals surface area contributed by atoms with E-state index in [1.54, 1.807) is 134 Å². The normalized spacial score (nSPS) is 18.9. The Kier molecular flexibility index (Phi) is 24.3. The summed E-state index contributed by atoms with van der Waals surface area (Å²) in [4.78, 5) is 136. The van der Waals surface area contributed by atoms with Crippen LogP contribution in [0.1, 0.15) is 73.1 Å². The van der Waals surface area contributed by atoms with E-state index < -0.39 is 88.2 Å². The standard InChI is InChI=1S/C40H43N7O9S.C27H27N7O6S/c1-7-55-45-31(18-32(48)56-40(3,4)5)36(50)44-33-37(51)47-34(39(52)54-21-25-8-10-30(53-6)11-9-25)28(22-57-38(33)47)20-46-14-12-26(13-15-46)27-17-29(42-19-27)16-24(2)35(49)43-23-41;1-4-40-32-16(3)24(36)31-21-25(37)34-22(27(38)39)19(13-41-26(21)34)12-33-7-5-17(6-8-33)18-10-20(29-11-18)9-15(2)23(35)30-14-28/h8-17,19,33,38H,7,18,20-22H2,1-6H3,(H,43,49)(H,44,50);5-11,21,26H,4,12-13H2,1-3H3,(H3,30,31,35,36,38,39)/b24-16+,45-31+;15-9+,32-16?. The van der Waals surface area contributed by atoms with Crippen LogP contribution in [-0.4, -0.2) is 157 Å². The molecule has 98 heavy (non-hydrogen) atoms. The molecule has 6 aliphatic heterocycles. The lowest BCUT2D eigenvalue weighted by Gasteiger charge is -2.50. The van der Waals surface area contributed by atoms with Gasteiger partial charge in [-0.15, -0.1) is 23.5 Å². The molecule has 1 aromatic carbocycles. The molecule has 0 bridgehead atoms. The average molecular weight is 1380 g/mol. The summed E-state index contributed by atoms with van der Waals surface area (Å²) in [7, 11) is 1.55. The number of carboxylic acid groups (broad SMARTS) is 1. The van der Waals surface area contributed by atoms with E-state index in [0.29, 0.717) is 63.1 Å². The number of amides is 6. The number of H-pyrrole nitrogens is 1. The quantitative estimate of drug-likeness (QED) is 0.0125. The monoisotopic (exact) mass is 1370 g/mol. The number of hydrogen-bond donors (Lipinski definition) is 5. The van der Waals surface area contributed by atoms with Crippen LogP contribution in [0.15, 0.2) is 164 Å². The van der Waals surface area contributed by atoms with E-state index in [-0.39, 0.29) is 49.1 Å². The van der Waals surface area contributed by atoms with Crippen molar-refractivity contribution in [3.05, 3.63) is 160 Å². The zero-order valence-corrected chi connectivity index (χ0v) is 56.5. The number of nitrogens with zero attached hydrogens (tertiary/aromatic N) is 9. The molecule has 4 unspecified atom stereocenters. The Hall–Kier alpha value is -11.3. The first-order valence-corrected chi connectivity index (χ1v) is 32.5. The number of thioether (sulfide) groups is 2. The second-order valence-electron chi connectivity index (χ2n) is 23.1. The van der Waals surface area contributed by atoms with Crippen LogP contribution in [-0.2, 0) is 75.5 Å². The van der Waals surface area contributed by atoms with Gasteiger partial charge in [-0.3, -0.25) is 59.0 Å². The summed E-state index contributed by atoms with van der Waals surface area (Å²) in [6, 6.07) is 10.7. The number of fused-ring (bicyclic) bond motifs is 2. The Morgan fingerprint density at radius 2 is 1.38 bits per heavy atom. The number of aliphatic imine (C=N–C) groups is 1. The second kappa shape index (κ2) is 32.9. The van der Waals surface area contributed by atoms with Gasteiger partial charge >= 0.3 is 11.9 Å². The van der Waals surface area contributed by atoms with E-state index in [1.165, 1.54) is 40.2 Å². The largest absolute Gasteiger partial charge is 0.543 e. The molecule has 5 N–H and O–H groups in total. The van der Waals surface area contributed by atoms with Crippen molar-refractivity contribution in [1.82, 2.24) is 41.0 Å². The predicted molar refractivity (Wildman–Crippen MR) is 356 cm³/mol. The summed E-state index contributed by atoms with van der Waals surface area (Å²) >= 11 is 2.73. The SMILES string of the molecule is CCO/N=C(\CC(=O)OC(C)(C)C)C(=O)NC1C(=O)N2C(C(=O)OCc3ccc(OC)cc3)=C(CN3C=CC(=C4C=NC(/C=C(\C)C(=O)NC#N)=C4)C=C3)CSC12.CCON=C(C)C(=O)NC1C(=O)N2C(C(=O)[O-])=C(C[n+]3ccc(-c4c[nH]c(/C=C(\C)C(=O)NC#N)c4)cc3)CSC12. The Morgan fingerprint density at radius 3 is 1.97 bits per heavy atom. The summed E-state index contributed by atoms with van der Waals surface area (Å²) in [6.45, 7) is 14.0. The van der Waals surface area contributed by atoms with Crippen LogP contribution in [0, 0.1) is 22.9 Å². The molecule has 31 heteroatoms. The van der Waals surface area contributed by atoms with E-state index in [9.17, 15) is 48.3 Å². The zero-order chi connectivity index (χ0) is 71.0. The number of rotatable bonds is 24. The van der Waals surface area contributed by atoms with Gasteiger partial charge in [-0.2, -0.15) is 10.5 Å². The lowest BCUT2D eigenvalue weighted by Crippen LogP contribution is -2.71. The van der Waals surface area contributed by atoms with Gasteiger partial charge in [-0.05, 0) is 126 Å². The third kappa shape index (κ3) is 18.2. The topological polar surface area (TPSA) is 385 Å². The molecule has 6 aliphatic rings. The van der Waals surface area contributed by atoms with Crippen molar-refractivity contribution >= 4 is 101 Å². The molecule has 2 saturated heterocycles. The van der Waals surface area contributed by atoms with Crippen molar-refractivity contribution in [2.24, 2.45) is 15.3 Å². The number of allylic oxidation sites excluding steroid dienone is 6. The maximum absolute atomic E-state index is 13.9. The first-order chi connectivity index (χ1) is 46.8. The first-order valence-electron chi connectivity index (χ1n) is 30.4. The lowest BCUT2D eigenvalue weighted by atomic mass is 10.0. The summed E-state index contributed by atoms with van der Waals surface area (Å²) in [6.07, 6.45) is 22.2. The van der Waals surface area contributed by atoms with Crippen molar-refractivity contribution in [3.8, 4) is 29.3 Å². The van der Waals surface area contributed by atoms with Gasteiger partial charge in [0.2, 0.25) is 0 Å². The number of β-lactam (4-membered cyclic amide) rings is 2. The number of aromatic nitrogens is 2. The number of oxime groups is 2. The number of nitriles is 2. The van der Waals surface area contributed by atoms with E-state index >= 15 is 0 Å². The van der Waals surface area contributed by atoms with Gasteiger partial charge in [0.25, 0.3) is 35.4 Å². The van der Waals surface area contributed by atoms with Gasteiger partial charge in [0.05, 0.1) is 30.9 Å². The van der Waals surface area contributed by atoms with Crippen molar-refractivity contribution < 1.29 is 76.7 Å². The number of ether oxygens (including phenoxy) is 3. The molecule has 3 aromatic rings. The molecule has 29 nitrogen and oxygen atoms in total. The molecular formula is C67H70N14O15S2. The van der Waals surface area contributed by atoms with Crippen LogP contribution >= 0.6 is 23.5 Å². The molecule has 2 aromatic heterocycles. The maximum atomic E-state index is 13.9. The number of benzene rings is 1. The minimum atomic E-state index is -1.46.